The van der Waals surface area contributed by atoms with Gasteiger partial charge in [-0.3, -0.25) is 9.78 Å². The highest BCUT2D eigenvalue weighted by Crippen LogP contribution is 2.44. The highest BCUT2D eigenvalue weighted by atomic mass is 19.4. The van der Waals surface area contributed by atoms with Crippen LogP contribution in [0.25, 0.3) is 22.4 Å². The van der Waals surface area contributed by atoms with Crippen molar-refractivity contribution in [1.82, 2.24) is 4.98 Å². The van der Waals surface area contributed by atoms with E-state index in [1.54, 1.807) is 0 Å². The molecule has 3 aromatic rings. The van der Waals surface area contributed by atoms with Crippen LogP contribution in [0.5, 0.6) is 0 Å². The van der Waals surface area contributed by atoms with E-state index in [2.05, 4.69) is 4.98 Å². The average molecular weight is 425 g/mol. The molecule has 1 heterocycles. The first kappa shape index (κ1) is 21.4. The van der Waals surface area contributed by atoms with E-state index in [4.69, 9.17) is 0 Å². The topological polar surface area (TPSA) is 50.2 Å². The predicted octanol–water partition coefficient (Wildman–Crippen LogP) is 6.08. The van der Waals surface area contributed by atoms with Gasteiger partial charge in [-0.25, -0.2) is 0 Å². The Morgan fingerprint density at radius 3 is 1.83 bits per heavy atom. The van der Waals surface area contributed by atoms with Crippen molar-refractivity contribution in [1.29, 1.82) is 0 Å². The molecule has 0 saturated heterocycles. The summed E-state index contributed by atoms with van der Waals surface area (Å²) in [6.45, 7) is 0. The summed E-state index contributed by atoms with van der Waals surface area (Å²) >= 11 is 0. The normalized spacial score (nSPS) is 12.1. The monoisotopic (exact) mass is 425 g/mol. The smallest absolute Gasteiger partial charge is 0.417 e. The molecule has 0 aliphatic heterocycles. The fraction of sp³-hybridized carbons (Fsp3) is 0.143. The third kappa shape index (κ3) is 4.29. The van der Waals surface area contributed by atoms with Crippen molar-refractivity contribution in [3.05, 3.63) is 77.5 Å². The van der Waals surface area contributed by atoms with Gasteiger partial charge in [0.1, 0.15) is 0 Å². The van der Waals surface area contributed by atoms with E-state index in [0.717, 1.165) is 42.6 Å². The van der Waals surface area contributed by atoms with Crippen LogP contribution in [-0.2, 0) is 23.6 Å². The summed E-state index contributed by atoms with van der Waals surface area (Å²) in [4.78, 5) is 15.2. The van der Waals surface area contributed by atoms with Crippen LogP contribution in [0.2, 0.25) is 0 Å². The lowest BCUT2D eigenvalue weighted by Crippen LogP contribution is -2.12. The fourth-order valence-corrected chi connectivity index (χ4v) is 3.20. The summed E-state index contributed by atoms with van der Waals surface area (Å²) in [6, 6.07) is 9.83. The number of alkyl halides is 6. The molecule has 2 aromatic carbocycles. The maximum Gasteiger partial charge on any atom is 0.417 e. The largest absolute Gasteiger partial charge is 0.481 e. The molecule has 0 unspecified atom stereocenters. The van der Waals surface area contributed by atoms with Gasteiger partial charge in [0.2, 0.25) is 0 Å². The van der Waals surface area contributed by atoms with Crippen molar-refractivity contribution in [3.8, 4) is 22.4 Å². The van der Waals surface area contributed by atoms with Crippen LogP contribution < -0.4 is 0 Å². The molecule has 0 aliphatic rings. The van der Waals surface area contributed by atoms with E-state index in [-0.39, 0.29) is 16.8 Å². The van der Waals surface area contributed by atoms with Crippen molar-refractivity contribution >= 4 is 5.97 Å². The van der Waals surface area contributed by atoms with Crippen LogP contribution in [0, 0.1) is 0 Å². The first-order valence-corrected chi connectivity index (χ1v) is 8.53. The molecule has 156 valence electrons. The van der Waals surface area contributed by atoms with E-state index in [9.17, 15) is 36.2 Å². The maximum absolute atomic E-state index is 13.6. The summed E-state index contributed by atoms with van der Waals surface area (Å²) in [5.74, 6) is -1.35. The summed E-state index contributed by atoms with van der Waals surface area (Å²) < 4.78 is 81.5. The molecule has 9 heteroatoms. The first-order valence-electron chi connectivity index (χ1n) is 8.53. The second kappa shape index (κ2) is 7.81. The Labute approximate surface area is 166 Å². The Morgan fingerprint density at radius 1 is 0.800 bits per heavy atom. The highest BCUT2D eigenvalue weighted by molar-refractivity contribution is 5.88. The molecule has 1 aromatic heterocycles. The maximum atomic E-state index is 13.6. The minimum Gasteiger partial charge on any atom is -0.481 e. The van der Waals surface area contributed by atoms with Gasteiger partial charge < -0.3 is 5.11 Å². The standard InChI is InChI=1S/C21H13F6NO2/c22-20(23,24)15-7-3-1-5-13(15)18-12(11-17(29)30)9-10-28-19(18)14-6-2-4-8-16(14)21(25,26)27/h1-10H,11H2,(H,29,30). The number of pyridine rings is 1. The number of carbonyl (C=O) groups is 1. The van der Waals surface area contributed by atoms with Crippen molar-refractivity contribution in [3.63, 3.8) is 0 Å². The van der Waals surface area contributed by atoms with Gasteiger partial charge in [0.05, 0.1) is 23.2 Å². The molecule has 1 N–H and O–H groups in total. The van der Waals surface area contributed by atoms with Crippen LogP contribution in [0.4, 0.5) is 26.3 Å². The molecule has 30 heavy (non-hydrogen) atoms. The van der Waals surface area contributed by atoms with E-state index >= 15 is 0 Å². The molecule has 0 spiro atoms. The number of halogens is 6. The van der Waals surface area contributed by atoms with Crippen LogP contribution in [0.3, 0.4) is 0 Å². The SMILES string of the molecule is O=C(O)Cc1ccnc(-c2ccccc2C(F)(F)F)c1-c1ccccc1C(F)(F)F. The Hall–Kier alpha value is -3.36. The van der Waals surface area contributed by atoms with Crippen molar-refractivity contribution in [2.75, 3.05) is 0 Å². The number of aliphatic carboxylic acids is 1. The van der Waals surface area contributed by atoms with E-state index in [0.29, 0.717) is 0 Å². The zero-order valence-electron chi connectivity index (χ0n) is 15.1. The van der Waals surface area contributed by atoms with Gasteiger partial charge in [0.15, 0.2) is 0 Å². The van der Waals surface area contributed by atoms with Crippen molar-refractivity contribution in [2.45, 2.75) is 18.8 Å². The molecule has 0 amide bonds. The lowest BCUT2D eigenvalue weighted by atomic mass is 9.89. The van der Waals surface area contributed by atoms with Gasteiger partial charge in [-0.15, -0.1) is 0 Å². The zero-order valence-corrected chi connectivity index (χ0v) is 15.1. The molecule has 0 bridgehead atoms. The Balaban J connectivity index is 2.42. The van der Waals surface area contributed by atoms with Crippen molar-refractivity contribution < 1.29 is 36.2 Å². The van der Waals surface area contributed by atoms with Crippen LogP contribution in [-0.4, -0.2) is 16.1 Å². The molecule has 0 aliphatic carbocycles. The van der Waals surface area contributed by atoms with Gasteiger partial charge in [0, 0.05) is 17.3 Å². The molecule has 0 radical (unpaired) electrons. The Morgan fingerprint density at radius 2 is 1.30 bits per heavy atom. The fourth-order valence-electron chi connectivity index (χ4n) is 3.20. The number of hydrogen-bond acceptors (Lipinski definition) is 2. The molecular weight excluding hydrogens is 412 g/mol. The third-order valence-electron chi connectivity index (χ3n) is 4.37. The minimum atomic E-state index is -4.81. The minimum absolute atomic E-state index is 0.0822. The summed E-state index contributed by atoms with van der Waals surface area (Å²) in [6.07, 6.45) is -9.21. The predicted molar refractivity (Wildman–Crippen MR) is 96.5 cm³/mol. The summed E-state index contributed by atoms with van der Waals surface area (Å²) in [5.41, 5.74) is -3.83. The van der Waals surface area contributed by atoms with Crippen LogP contribution in [0.1, 0.15) is 16.7 Å². The first-order chi connectivity index (χ1) is 14.0. The lowest BCUT2D eigenvalue weighted by molar-refractivity contribution is -0.138. The highest BCUT2D eigenvalue weighted by Gasteiger charge is 2.37. The second-order valence-corrected chi connectivity index (χ2v) is 6.35. The molecular formula is C21H13F6NO2. The average Bonchev–Trinajstić information content (AvgIpc) is 2.66. The van der Waals surface area contributed by atoms with Crippen LogP contribution in [0.15, 0.2) is 60.8 Å². The number of carboxylic acids is 1. The molecule has 0 saturated carbocycles. The summed E-state index contributed by atoms with van der Waals surface area (Å²) in [5, 5.41) is 9.19. The van der Waals surface area contributed by atoms with E-state index in [1.807, 2.05) is 0 Å². The summed E-state index contributed by atoms with van der Waals surface area (Å²) in [7, 11) is 0. The number of benzene rings is 2. The third-order valence-corrected chi connectivity index (χ3v) is 4.37. The van der Waals surface area contributed by atoms with E-state index < -0.39 is 47.0 Å². The Bertz CT molecular complexity index is 1090. The molecule has 0 atom stereocenters. The number of rotatable bonds is 4. The van der Waals surface area contributed by atoms with Gasteiger partial charge in [0.25, 0.3) is 0 Å². The second-order valence-electron chi connectivity index (χ2n) is 6.35. The molecule has 0 fully saturated rings. The van der Waals surface area contributed by atoms with Gasteiger partial charge in [-0.2, -0.15) is 26.3 Å². The number of carboxylic acid groups (broad SMARTS) is 1. The van der Waals surface area contributed by atoms with E-state index in [1.165, 1.54) is 18.2 Å². The van der Waals surface area contributed by atoms with Gasteiger partial charge in [-0.05, 0) is 29.3 Å². The van der Waals surface area contributed by atoms with Gasteiger partial charge in [-0.1, -0.05) is 36.4 Å². The van der Waals surface area contributed by atoms with Gasteiger partial charge >= 0.3 is 18.3 Å². The Kier molecular flexibility index (Phi) is 5.56. The number of aromatic nitrogens is 1. The number of hydrogen-bond donors (Lipinski definition) is 1. The zero-order chi connectivity index (χ0) is 22.1. The molecule has 3 rings (SSSR count). The molecule has 3 nitrogen and oxygen atoms in total. The quantitative estimate of drug-likeness (QED) is 0.516. The number of nitrogens with zero attached hydrogens (tertiary/aromatic N) is 1. The lowest BCUT2D eigenvalue weighted by Gasteiger charge is -2.20. The van der Waals surface area contributed by atoms with Crippen molar-refractivity contribution in [2.24, 2.45) is 0 Å². The van der Waals surface area contributed by atoms with Crippen LogP contribution >= 0.6 is 0 Å².